The summed E-state index contributed by atoms with van der Waals surface area (Å²) in [6, 6.07) is 3.25. The van der Waals surface area contributed by atoms with E-state index in [4.69, 9.17) is 9.15 Å². The van der Waals surface area contributed by atoms with Crippen molar-refractivity contribution >= 4 is 11.7 Å². The van der Waals surface area contributed by atoms with Crippen molar-refractivity contribution in [1.82, 2.24) is 14.9 Å². The van der Waals surface area contributed by atoms with Crippen molar-refractivity contribution < 1.29 is 13.9 Å². The third-order valence-corrected chi connectivity index (χ3v) is 3.63. The molecular weight excluding hydrogens is 300 g/mol. The number of anilines is 1. The van der Waals surface area contributed by atoms with Gasteiger partial charge in [0.2, 0.25) is 0 Å². The second-order valence-electron chi connectivity index (χ2n) is 5.07. The van der Waals surface area contributed by atoms with Gasteiger partial charge in [-0.3, -0.25) is 9.59 Å². The number of aromatic amines is 1. The Morgan fingerprint density at radius 1 is 1.35 bits per heavy atom. The van der Waals surface area contributed by atoms with Gasteiger partial charge >= 0.3 is 0 Å². The van der Waals surface area contributed by atoms with Crippen LogP contribution >= 0.6 is 0 Å². The maximum atomic E-state index is 12.4. The molecule has 2 aromatic rings. The number of nitrogens with one attached hydrogen (secondary N) is 1. The molecule has 8 heteroatoms. The van der Waals surface area contributed by atoms with Crippen molar-refractivity contribution in [3.63, 3.8) is 0 Å². The number of amides is 1. The number of carbonyl (C=O) groups excluding carboxylic acids is 1. The molecule has 0 bridgehead atoms. The van der Waals surface area contributed by atoms with Gasteiger partial charge in [-0.25, -0.2) is 4.98 Å². The van der Waals surface area contributed by atoms with Crippen LogP contribution in [0, 0.1) is 0 Å². The molecule has 1 aliphatic heterocycles. The van der Waals surface area contributed by atoms with Crippen LogP contribution < -0.4 is 15.2 Å². The van der Waals surface area contributed by atoms with E-state index in [0.717, 1.165) is 0 Å². The predicted octanol–water partition coefficient (Wildman–Crippen LogP) is 0.724. The maximum Gasteiger partial charge on any atom is 0.290 e. The van der Waals surface area contributed by atoms with E-state index in [0.29, 0.717) is 44.6 Å². The van der Waals surface area contributed by atoms with Gasteiger partial charge in [0.25, 0.3) is 17.4 Å². The molecule has 1 amide bonds. The fourth-order valence-electron chi connectivity index (χ4n) is 2.50. The van der Waals surface area contributed by atoms with Crippen molar-refractivity contribution in [2.75, 3.05) is 37.7 Å². The SMILES string of the molecule is CCOc1ccc(C(=O)N2CCN(c3ncc[nH]c3=O)CC2)o1. The number of rotatable bonds is 4. The summed E-state index contributed by atoms with van der Waals surface area (Å²) in [6.45, 7) is 4.43. The molecule has 8 nitrogen and oxygen atoms in total. The van der Waals surface area contributed by atoms with Crippen LogP contribution in [0.3, 0.4) is 0 Å². The minimum Gasteiger partial charge on any atom is -0.465 e. The molecule has 1 saturated heterocycles. The molecule has 0 aliphatic carbocycles. The molecule has 1 N–H and O–H groups in total. The van der Waals surface area contributed by atoms with Crippen molar-refractivity contribution in [3.05, 3.63) is 40.6 Å². The molecule has 3 rings (SSSR count). The van der Waals surface area contributed by atoms with E-state index < -0.39 is 0 Å². The van der Waals surface area contributed by atoms with E-state index >= 15 is 0 Å². The minimum atomic E-state index is -0.223. The highest BCUT2D eigenvalue weighted by Gasteiger charge is 2.25. The summed E-state index contributed by atoms with van der Waals surface area (Å²) in [6.07, 6.45) is 3.05. The number of furan rings is 1. The summed E-state index contributed by atoms with van der Waals surface area (Å²) in [4.78, 5) is 34.4. The van der Waals surface area contributed by atoms with E-state index in [2.05, 4.69) is 9.97 Å². The van der Waals surface area contributed by atoms with Gasteiger partial charge in [-0.05, 0) is 13.0 Å². The Hall–Kier alpha value is -2.77. The van der Waals surface area contributed by atoms with Crippen LogP contribution in [0.4, 0.5) is 5.82 Å². The van der Waals surface area contributed by atoms with Gasteiger partial charge in [0, 0.05) is 44.6 Å². The van der Waals surface area contributed by atoms with Gasteiger partial charge in [-0.1, -0.05) is 0 Å². The lowest BCUT2D eigenvalue weighted by Gasteiger charge is -2.34. The van der Waals surface area contributed by atoms with E-state index in [9.17, 15) is 9.59 Å². The zero-order valence-corrected chi connectivity index (χ0v) is 12.8. The van der Waals surface area contributed by atoms with Gasteiger partial charge in [-0.2, -0.15) is 0 Å². The van der Waals surface area contributed by atoms with Crippen molar-refractivity contribution in [3.8, 4) is 5.95 Å². The number of hydrogen-bond donors (Lipinski definition) is 1. The van der Waals surface area contributed by atoms with Gasteiger partial charge in [0.05, 0.1) is 6.61 Å². The summed E-state index contributed by atoms with van der Waals surface area (Å²) in [5, 5.41) is 0. The number of carbonyl (C=O) groups is 1. The highest BCUT2D eigenvalue weighted by atomic mass is 16.6. The van der Waals surface area contributed by atoms with E-state index in [1.807, 2.05) is 11.8 Å². The molecule has 0 saturated carbocycles. The lowest BCUT2D eigenvalue weighted by Crippen LogP contribution is -2.50. The number of H-pyrrole nitrogens is 1. The molecule has 1 aliphatic rings. The summed E-state index contributed by atoms with van der Waals surface area (Å²) >= 11 is 0. The first kappa shape index (κ1) is 15.1. The Morgan fingerprint density at radius 2 is 2.13 bits per heavy atom. The highest BCUT2D eigenvalue weighted by molar-refractivity contribution is 5.91. The molecule has 0 atom stereocenters. The van der Waals surface area contributed by atoms with Gasteiger partial charge < -0.3 is 23.9 Å². The topological polar surface area (TPSA) is 91.7 Å². The zero-order valence-electron chi connectivity index (χ0n) is 12.8. The normalized spacial score (nSPS) is 14.8. The zero-order chi connectivity index (χ0) is 16.2. The molecule has 0 radical (unpaired) electrons. The average molecular weight is 318 g/mol. The van der Waals surface area contributed by atoms with Gasteiger partial charge in [0.15, 0.2) is 11.6 Å². The molecular formula is C15H18N4O4. The molecule has 0 aromatic carbocycles. The van der Waals surface area contributed by atoms with Crippen molar-refractivity contribution in [2.45, 2.75) is 6.92 Å². The average Bonchev–Trinajstić information content (AvgIpc) is 3.04. The Labute approximate surface area is 132 Å². The molecule has 122 valence electrons. The predicted molar refractivity (Wildman–Crippen MR) is 82.9 cm³/mol. The summed E-state index contributed by atoms with van der Waals surface area (Å²) < 4.78 is 10.6. The highest BCUT2D eigenvalue weighted by Crippen LogP contribution is 2.18. The molecule has 2 aromatic heterocycles. The van der Waals surface area contributed by atoms with E-state index in [1.54, 1.807) is 23.2 Å². The Balaban J connectivity index is 1.63. The summed E-state index contributed by atoms with van der Waals surface area (Å²) in [5.41, 5.74) is -0.223. The first-order valence-corrected chi connectivity index (χ1v) is 7.49. The van der Waals surface area contributed by atoms with E-state index in [1.165, 1.54) is 6.20 Å². The smallest absolute Gasteiger partial charge is 0.290 e. The standard InChI is InChI=1S/C15H18N4O4/c1-2-22-12-4-3-11(23-12)15(21)19-9-7-18(8-10-19)13-14(20)17-6-5-16-13/h3-6H,2,7-10H2,1H3,(H,17,20). The summed E-state index contributed by atoms with van der Waals surface area (Å²) in [5.74, 6) is 0.814. The second kappa shape index (κ2) is 6.55. The van der Waals surface area contributed by atoms with Crippen LogP contribution in [0.5, 0.6) is 5.95 Å². The quantitative estimate of drug-likeness (QED) is 0.893. The number of hydrogen-bond acceptors (Lipinski definition) is 6. The van der Waals surface area contributed by atoms with Crippen LogP contribution in [0.1, 0.15) is 17.5 Å². The van der Waals surface area contributed by atoms with Crippen LogP contribution in [0.15, 0.2) is 33.7 Å². The number of nitrogens with zero attached hydrogens (tertiary/aromatic N) is 3. The summed E-state index contributed by atoms with van der Waals surface area (Å²) in [7, 11) is 0. The van der Waals surface area contributed by atoms with Crippen molar-refractivity contribution in [2.24, 2.45) is 0 Å². The van der Waals surface area contributed by atoms with Gasteiger partial charge in [0.1, 0.15) is 0 Å². The van der Waals surface area contributed by atoms with Gasteiger partial charge in [-0.15, -0.1) is 0 Å². The first-order chi connectivity index (χ1) is 11.2. The second-order valence-corrected chi connectivity index (χ2v) is 5.07. The number of aromatic nitrogens is 2. The molecule has 23 heavy (non-hydrogen) atoms. The Kier molecular flexibility index (Phi) is 4.31. The monoisotopic (exact) mass is 318 g/mol. The molecule has 0 unspecified atom stereocenters. The fraction of sp³-hybridized carbons (Fsp3) is 0.400. The number of piperazine rings is 1. The lowest BCUT2D eigenvalue weighted by atomic mass is 10.3. The maximum absolute atomic E-state index is 12.4. The van der Waals surface area contributed by atoms with Crippen LogP contribution in [-0.4, -0.2) is 53.6 Å². The fourth-order valence-corrected chi connectivity index (χ4v) is 2.50. The minimum absolute atomic E-state index is 0.175. The molecule has 1 fully saturated rings. The molecule has 3 heterocycles. The van der Waals surface area contributed by atoms with Crippen molar-refractivity contribution in [1.29, 1.82) is 0 Å². The largest absolute Gasteiger partial charge is 0.465 e. The number of ether oxygens (including phenoxy) is 1. The van der Waals surface area contributed by atoms with Crippen LogP contribution in [-0.2, 0) is 0 Å². The van der Waals surface area contributed by atoms with E-state index in [-0.39, 0.29) is 17.2 Å². The lowest BCUT2D eigenvalue weighted by molar-refractivity contribution is 0.0706. The van der Waals surface area contributed by atoms with Crippen LogP contribution in [0.25, 0.3) is 0 Å². The first-order valence-electron chi connectivity index (χ1n) is 7.49. The Morgan fingerprint density at radius 3 is 2.83 bits per heavy atom. The third-order valence-electron chi connectivity index (χ3n) is 3.63. The van der Waals surface area contributed by atoms with Crippen LogP contribution in [0.2, 0.25) is 0 Å². The Bertz CT molecular complexity index is 731. The third kappa shape index (κ3) is 3.20. The molecule has 0 spiro atoms.